The Hall–Kier alpha value is -1.80. The van der Waals surface area contributed by atoms with Crippen molar-refractivity contribution in [2.45, 2.75) is 25.7 Å². The summed E-state index contributed by atoms with van der Waals surface area (Å²) in [7, 11) is 0. The molecule has 104 valence electrons. The second-order valence-corrected chi connectivity index (χ2v) is 5.75. The van der Waals surface area contributed by atoms with Gasteiger partial charge in [0.25, 0.3) is 0 Å². The Kier molecular flexibility index (Phi) is 4.15. The summed E-state index contributed by atoms with van der Waals surface area (Å²) in [6.07, 6.45) is 0.433. The number of carboxylic acid groups (broad SMARTS) is 1. The Balaban J connectivity index is 2.39. The van der Waals surface area contributed by atoms with Crippen LogP contribution in [0.1, 0.15) is 23.6 Å². The van der Waals surface area contributed by atoms with Gasteiger partial charge in [-0.1, -0.05) is 53.6 Å². The summed E-state index contributed by atoms with van der Waals surface area (Å²) in [5.74, 6) is -0.847. The van der Waals surface area contributed by atoms with Gasteiger partial charge < -0.3 is 5.11 Å². The van der Waals surface area contributed by atoms with Crippen molar-refractivity contribution in [2.75, 3.05) is 0 Å². The van der Waals surface area contributed by atoms with Crippen LogP contribution in [-0.2, 0) is 16.6 Å². The van der Waals surface area contributed by atoms with Crippen LogP contribution in [-0.4, -0.2) is 11.1 Å². The third-order valence-electron chi connectivity index (χ3n) is 3.61. The molecule has 0 heterocycles. The highest BCUT2D eigenvalue weighted by atomic mass is 35.5. The minimum atomic E-state index is -0.986. The molecule has 1 unspecified atom stereocenters. The highest BCUT2D eigenvalue weighted by Gasteiger charge is 2.35. The van der Waals surface area contributed by atoms with Crippen molar-refractivity contribution in [3.8, 4) is 0 Å². The van der Waals surface area contributed by atoms with E-state index in [1.165, 1.54) is 0 Å². The number of carboxylic acids is 1. The highest BCUT2D eigenvalue weighted by molar-refractivity contribution is 6.30. The van der Waals surface area contributed by atoms with Crippen LogP contribution >= 0.6 is 11.6 Å². The minimum Gasteiger partial charge on any atom is -0.481 e. The summed E-state index contributed by atoms with van der Waals surface area (Å²) in [5, 5.41) is 10.2. The Labute approximate surface area is 124 Å². The molecule has 2 rings (SSSR count). The molecule has 20 heavy (non-hydrogen) atoms. The van der Waals surface area contributed by atoms with Crippen LogP contribution in [0, 0.1) is 6.92 Å². The quantitative estimate of drug-likeness (QED) is 0.914. The smallest absolute Gasteiger partial charge is 0.314 e. The number of hydrogen-bond donors (Lipinski definition) is 1. The molecule has 3 heteroatoms. The van der Waals surface area contributed by atoms with E-state index in [0.29, 0.717) is 11.4 Å². The van der Waals surface area contributed by atoms with Crippen LogP contribution < -0.4 is 0 Å². The number of carbonyl (C=O) groups is 1. The molecular formula is C17H17ClO2. The van der Waals surface area contributed by atoms with Crippen molar-refractivity contribution >= 4 is 17.6 Å². The maximum atomic E-state index is 11.8. The lowest BCUT2D eigenvalue weighted by atomic mass is 9.77. The zero-order chi connectivity index (χ0) is 14.8. The van der Waals surface area contributed by atoms with Gasteiger partial charge in [0.1, 0.15) is 0 Å². The van der Waals surface area contributed by atoms with E-state index in [2.05, 4.69) is 0 Å². The van der Waals surface area contributed by atoms with Crippen molar-refractivity contribution in [2.24, 2.45) is 0 Å². The van der Waals surface area contributed by atoms with Crippen molar-refractivity contribution < 1.29 is 9.90 Å². The van der Waals surface area contributed by atoms with Gasteiger partial charge >= 0.3 is 5.97 Å². The molecule has 1 atom stereocenters. The van der Waals surface area contributed by atoms with E-state index in [1.807, 2.05) is 37.3 Å². The molecule has 2 aromatic carbocycles. The molecule has 2 nitrogen and oxygen atoms in total. The Morgan fingerprint density at radius 1 is 1.20 bits per heavy atom. The number of rotatable bonds is 4. The molecule has 0 radical (unpaired) electrons. The van der Waals surface area contributed by atoms with Crippen LogP contribution in [0.4, 0.5) is 0 Å². The monoisotopic (exact) mass is 288 g/mol. The average Bonchev–Trinajstić information content (AvgIpc) is 2.41. The normalized spacial score (nSPS) is 13.8. The van der Waals surface area contributed by atoms with Gasteiger partial charge in [-0.3, -0.25) is 4.79 Å². The maximum Gasteiger partial charge on any atom is 0.314 e. The second-order valence-electron chi connectivity index (χ2n) is 5.31. The fraction of sp³-hybridized carbons (Fsp3) is 0.235. The predicted molar refractivity (Wildman–Crippen MR) is 81.3 cm³/mol. The molecule has 0 spiro atoms. The van der Waals surface area contributed by atoms with Gasteiger partial charge in [0.05, 0.1) is 5.41 Å². The van der Waals surface area contributed by atoms with E-state index >= 15 is 0 Å². The van der Waals surface area contributed by atoms with Gasteiger partial charge in [0, 0.05) is 5.02 Å². The lowest BCUT2D eigenvalue weighted by Gasteiger charge is -2.26. The number of aryl methyl sites for hydroxylation is 1. The molecule has 1 N–H and O–H groups in total. The zero-order valence-corrected chi connectivity index (χ0v) is 12.3. The van der Waals surface area contributed by atoms with Crippen molar-refractivity contribution in [1.82, 2.24) is 0 Å². The summed E-state index contributed by atoms with van der Waals surface area (Å²) in [4.78, 5) is 11.8. The van der Waals surface area contributed by atoms with Crippen LogP contribution in [0.25, 0.3) is 0 Å². The van der Waals surface area contributed by atoms with Crippen LogP contribution in [0.15, 0.2) is 48.5 Å². The van der Waals surface area contributed by atoms with E-state index in [9.17, 15) is 9.90 Å². The number of benzene rings is 2. The van der Waals surface area contributed by atoms with Gasteiger partial charge in [-0.05, 0) is 43.5 Å². The molecule has 0 bridgehead atoms. The summed E-state index contributed by atoms with van der Waals surface area (Å²) < 4.78 is 0. The standard InChI is InChI=1S/C17H17ClO2/c1-12-6-8-13(9-7-12)11-17(2,16(19)20)14-4-3-5-15(18)10-14/h3-10H,11H2,1-2H3,(H,19,20). The molecule has 0 amide bonds. The van der Waals surface area contributed by atoms with Crippen LogP contribution in [0.2, 0.25) is 5.02 Å². The van der Waals surface area contributed by atoms with Gasteiger partial charge in [-0.15, -0.1) is 0 Å². The van der Waals surface area contributed by atoms with Crippen LogP contribution in [0.3, 0.4) is 0 Å². The molecular weight excluding hydrogens is 272 g/mol. The summed E-state index contributed by atoms with van der Waals surface area (Å²) in [6.45, 7) is 3.75. The first-order chi connectivity index (χ1) is 9.41. The predicted octanol–water partition coefficient (Wildman–Crippen LogP) is 4.23. The Bertz CT molecular complexity index is 619. The number of aliphatic carboxylic acids is 1. The zero-order valence-electron chi connectivity index (χ0n) is 11.6. The fourth-order valence-electron chi connectivity index (χ4n) is 2.25. The summed E-state index contributed by atoms with van der Waals surface area (Å²) >= 11 is 5.99. The molecule has 2 aromatic rings. The fourth-order valence-corrected chi connectivity index (χ4v) is 2.44. The third-order valence-corrected chi connectivity index (χ3v) is 3.85. The SMILES string of the molecule is Cc1ccc(CC(C)(C(=O)O)c2cccc(Cl)c2)cc1. The second kappa shape index (κ2) is 5.68. The molecule has 0 aromatic heterocycles. The lowest BCUT2D eigenvalue weighted by molar-refractivity contribution is -0.143. The largest absolute Gasteiger partial charge is 0.481 e. The minimum absolute atomic E-state index is 0.433. The van der Waals surface area contributed by atoms with Crippen molar-refractivity contribution in [1.29, 1.82) is 0 Å². The van der Waals surface area contributed by atoms with Crippen molar-refractivity contribution in [3.63, 3.8) is 0 Å². The van der Waals surface area contributed by atoms with Gasteiger partial charge in [0.2, 0.25) is 0 Å². The topological polar surface area (TPSA) is 37.3 Å². The van der Waals surface area contributed by atoms with E-state index in [-0.39, 0.29) is 0 Å². The molecule has 0 fully saturated rings. The van der Waals surface area contributed by atoms with E-state index in [0.717, 1.165) is 16.7 Å². The molecule has 0 aliphatic heterocycles. The molecule has 0 aliphatic carbocycles. The number of halogens is 1. The maximum absolute atomic E-state index is 11.8. The van der Waals surface area contributed by atoms with Gasteiger partial charge in [-0.25, -0.2) is 0 Å². The third kappa shape index (κ3) is 3.02. The number of hydrogen-bond acceptors (Lipinski definition) is 1. The summed E-state index contributed by atoms with van der Waals surface area (Å²) in [6, 6.07) is 15.0. The molecule has 0 aliphatic rings. The van der Waals surface area contributed by atoms with E-state index in [1.54, 1.807) is 25.1 Å². The van der Waals surface area contributed by atoms with Gasteiger partial charge in [-0.2, -0.15) is 0 Å². The van der Waals surface area contributed by atoms with Crippen LogP contribution in [0.5, 0.6) is 0 Å². The first kappa shape index (κ1) is 14.6. The highest BCUT2D eigenvalue weighted by Crippen LogP contribution is 2.30. The van der Waals surface area contributed by atoms with E-state index < -0.39 is 11.4 Å². The average molecular weight is 289 g/mol. The first-order valence-corrected chi connectivity index (χ1v) is 6.84. The molecule has 0 saturated heterocycles. The summed E-state index contributed by atoms with van der Waals surface area (Å²) in [5.41, 5.74) is 1.90. The Morgan fingerprint density at radius 3 is 2.40 bits per heavy atom. The lowest BCUT2D eigenvalue weighted by Crippen LogP contribution is -2.34. The van der Waals surface area contributed by atoms with Gasteiger partial charge in [0.15, 0.2) is 0 Å². The van der Waals surface area contributed by atoms with Crippen molar-refractivity contribution in [3.05, 3.63) is 70.2 Å². The molecule has 0 saturated carbocycles. The Morgan fingerprint density at radius 2 is 1.85 bits per heavy atom. The first-order valence-electron chi connectivity index (χ1n) is 6.47. The van der Waals surface area contributed by atoms with E-state index in [4.69, 9.17) is 11.6 Å².